The zero-order valence-electron chi connectivity index (χ0n) is 17.0. The van der Waals surface area contributed by atoms with Gasteiger partial charge in [-0.25, -0.2) is 9.59 Å². The van der Waals surface area contributed by atoms with Crippen LogP contribution in [0.5, 0.6) is 5.75 Å². The average molecular weight is 425 g/mol. The molecule has 0 aliphatic carbocycles. The Morgan fingerprint density at radius 2 is 1.77 bits per heavy atom. The number of hydrogen-bond acceptors (Lipinski definition) is 6. The van der Waals surface area contributed by atoms with Crippen molar-refractivity contribution in [2.75, 3.05) is 19.8 Å². The fourth-order valence-electron chi connectivity index (χ4n) is 3.30. The molecule has 1 aliphatic heterocycles. The summed E-state index contributed by atoms with van der Waals surface area (Å²) in [5.74, 6) is -3.41. The van der Waals surface area contributed by atoms with E-state index in [2.05, 4.69) is 10.1 Å². The zero-order chi connectivity index (χ0) is 22.3. The first-order valence-corrected chi connectivity index (χ1v) is 9.48. The standard InChI is InChI=1S/C21H25F2NO6/c1-4-9-28-10-11-29-20(27)17-13(3)24-12(2)16(19(25)26)18(17)14-7-5-6-8-15(14)30-21(22)23/h5-8,18,21,24H,4,9-11H2,1-3H3,(H,25,26)/t18-/m1/s1. The van der Waals surface area contributed by atoms with E-state index < -0.39 is 24.5 Å². The van der Waals surface area contributed by atoms with E-state index in [4.69, 9.17) is 9.47 Å². The molecule has 1 aromatic carbocycles. The van der Waals surface area contributed by atoms with Crippen molar-refractivity contribution in [2.45, 2.75) is 39.7 Å². The first-order chi connectivity index (χ1) is 14.3. The van der Waals surface area contributed by atoms with Gasteiger partial charge in [0.2, 0.25) is 0 Å². The third kappa shape index (κ3) is 5.56. The van der Waals surface area contributed by atoms with Crippen LogP contribution in [0, 0.1) is 0 Å². The van der Waals surface area contributed by atoms with Crippen LogP contribution in [0.3, 0.4) is 0 Å². The smallest absolute Gasteiger partial charge is 0.387 e. The highest BCUT2D eigenvalue weighted by Gasteiger charge is 2.38. The predicted octanol–water partition coefficient (Wildman–Crippen LogP) is 3.58. The molecule has 0 saturated heterocycles. The van der Waals surface area contributed by atoms with Crippen molar-refractivity contribution in [2.24, 2.45) is 0 Å². The van der Waals surface area contributed by atoms with E-state index in [1.165, 1.54) is 25.1 Å². The molecule has 0 amide bonds. The number of hydrogen-bond donors (Lipinski definition) is 2. The van der Waals surface area contributed by atoms with Crippen LogP contribution in [0.15, 0.2) is 46.8 Å². The summed E-state index contributed by atoms with van der Waals surface area (Å²) >= 11 is 0. The van der Waals surface area contributed by atoms with Gasteiger partial charge in [0.25, 0.3) is 0 Å². The molecule has 7 nitrogen and oxygen atoms in total. The second-order valence-corrected chi connectivity index (χ2v) is 6.61. The first-order valence-electron chi connectivity index (χ1n) is 9.48. The molecule has 0 radical (unpaired) electrons. The fourth-order valence-corrected chi connectivity index (χ4v) is 3.30. The highest BCUT2D eigenvalue weighted by Crippen LogP contribution is 2.42. The van der Waals surface area contributed by atoms with E-state index in [9.17, 15) is 23.5 Å². The fraction of sp³-hybridized carbons (Fsp3) is 0.429. The number of nitrogens with one attached hydrogen (secondary N) is 1. The van der Waals surface area contributed by atoms with Crippen molar-refractivity contribution in [3.05, 3.63) is 52.4 Å². The normalized spacial score (nSPS) is 16.5. The Balaban J connectivity index is 2.46. The van der Waals surface area contributed by atoms with E-state index in [1.807, 2.05) is 6.92 Å². The summed E-state index contributed by atoms with van der Waals surface area (Å²) in [6.07, 6.45) is 0.817. The van der Waals surface area contributed by atoms with Crippen LogP contribution in [-0.4, -0.2) is 43.5 Å². The number of ether oxygens (including phenoxy) is 3. The highest BCUT2D eigenvalue weighted by molar-refractivity contribution is 5.99. The number of dihydropyridines is 1. The largest absolute Gasteiger partial charge is 0.478 e. The zero-order valence-corrected chi connectivity index (χ0v) is 17.0. The van der Waals surface area contributed by atoms with Gasteiger partial charge in [0.15, 0.2) is 0 Å². The van der Waals surface area contributed by atoms with E-state index in [0.29, 0.717) is 18.0 Å². The summed E-state index contributed by atoms with van der Waals surface area (Å²) < 4.78 is 41.0. The molecule has 2 N–H and O–H groups in total. The molecule has 0 unspecified atom stereocenters. The maximum Gasteiger partial charge on any atom is 0.387 e. The van der Waals surface area contributed by atoms with E-state index in [0.717, 1.165) is 6.42 Å². The quantitative estimate of drug-likeness (QED) is 0.437. The molecule has 1 aromatic rings. The molecule has 164 valence electrons. The summed E-state index contributed by atoms with van der Waals surface area (Å²) in [5, 5.41) is 12.7. The Morgan fingerprint density at radius 3 is 2.40 bits per heavy atom. The van der Waals surface area contributed by atoms with Gasteiger partial charge in [-0.2, -0.15) is 8.78 Å². The Morgan fingerprint density at radius 1 is 1.10 bits per heavy atom. The molecule has 0 bridgehead atoms. The van der Waals surface area contributed by atoms with Gasteiger partial charge in [-0.15, -0.1) is 0 Å². The monoisotopic (exact) mass is 425 g/mol. The van der Waals surface area contributed by atoms with Crippen LogP contribution in [0.1, 0.15) is 38.7 Å². The van der Waals surface area contributed by atoms with Crippen molar-refractivity contribution >= 4 is 11.9 Å². The number of rotatable bonds is 10. The summed E-state index contributed by atoms with van der Waals surface area (Å²) in [4.78, 5) is 24.9. The number of halogens is 2. The lowest BCUT2D eigenvalue weighted by Crippen LogP contribution is -2.32. The SMILES string of the molecule is CCCOCCOC(=O)C1=C(C)NC(C)=C(C(=O)O)[C@H]1c1ccccc1OC(F)F. The molecule has 1 heterocycles. The molecule has 9 heteroatoms. The van der Waals surface area contributed by atoms with Gasteiger partial charge in [0.1, 0.15) is 12.4 Å². The lowest BCUT2D eigenvalue weighted by Gasteiger charge is -2.30. The topological polar surface area (TPSA) is 94.1 Å². The van der Waals surface area contributed by atoms with Crippen LogP contribution in [0.25, 0.3) is 0 Å². The molecule has 0 saturated carbocycles. The average Bonchev–Trinajstić information content (AvgIpc) is 2.66. The second kappa shape index (κ2) is 10.7. The number of carbonyl (C=O) groups is 2. The maximum atomic E-state index is 12.9. The van der Waals surface area contributed by atoms with Gasteiger partial charge in [0, 0.05) is 23.6 Å². The molecule has 1 aliphatic rings. The van der Waals surface area contributed by atoms with Crippen molar-refractivity contribution in [3.63, 3.8) is 0 Å². The van der Waals surface area contributed by atoms with E-state index in [1.54, 1.807) is 13.0 Å². The summed E-state index contributed by atoms with van der Waals surface area (Å²) in [5.41, 5.74) is 0.650. The maximum absolute atomic E-state index is 12.9. The molecular formula is C21H25F2NO6. The minimum Gasteiger partial charge on any atom is -0.478 e. The number of carbonyl (C=O) groups excluding carboxylic acids is 1. The number of carboxylic acids is 1. The van der Waals surface area contributed by atoms with Crippen LogP contribution in [0.4, 0.5) is 8.78 Å². The van der Waals surface area contributed by atoms with Gasteiger partial charge in [0.05, 0.1) is 23.7 Å². The Bertz CT molecular complexity index is 850. The van der Waals surface area contributed by atoms with E-state index in [-0.39, 0.29) is 35.7 Å². The van der Waals surface area contributed by atoms with Crippen LogP contribution in [-0.2, 0) is 19.1 Å². The summed E-state index contributed by atoms with van der Waals surface area (Å²) in [7, 11) is 0. The number of carboxylic acid groups (broad SMARTS) is 1. The van der Waals surface area contributed by atoms with Crippen molar-refractivity contribution < 1.29 is 37.7 Å². The predicted molar refractivity (Wildman–Crippen MR) is 104 cm³/mol. The van der Waals surface area contributed by atoms with Crippen molar-refractivity contribution in [3.8, 4) is 5.75 Å². The minimum absolute atomic E-state index is 0.0128. The number of para-hydroxylation sites is 1. The van der Waals surface area contributed by atoms with E-state index >= 15 is 0 Å². The summed E-state index contributed by atoms with van der Waals surface area (Å²) in [6.45, 7) is 2.65. The Kier molecular flexibility index (Phi) is 8.35. The van der Waals surface area contributed by atoms with Gasteiger partial charge in [-0.3, -0.25) is 0 Å². The van der Waals surface area contributed by atoms with Crippen LogP contribution < -0.4 is 10.1 Å². The van der Waals surface area contributed by atoms with Gasteiger partial charge in [-0.05, 0) is 26.3 Å². The molecule has 2 rings (SSSR count). The van der Waals surface area contributed by atoms with Gasteiger partial charge >= 0.3 is 18.6 Å². The minimum atomic E-state index is -3.11. The van der Waals surface area contributed by atoms with Crippen molar-refractivity contribution in [1.82, 2.24) is 5.32 Å². The number of aliphatic carboxylic acids is 1. The lowest BCUT2D eigenvalue weighted by molar-refractivity contribution is -0.141. The summed E-state index contributed by atoms with van der Waals surface area (Å²) in [6, 6.07) is 5.80. The van der Waals surface area contributed by atoms with Crippen molar-refractivity contribution in [1.29, 1.82) is 0 Å². The van der Waals surface area contributed by atoms with Gasteiger partial charge < -0.3 is 24.6 Å². The molecule has 30 heavy (non-hydrogen) atoms. The molecule has 0 fully saturated rings. The molecule has 1 atom stereocenters. The second-order valence-electron chi connectivity index (χ2n) is 6.61. The van der Waals surface area contributed by atoms with Crippen LogP contribution in [0.2, 0.25) is 0 Å². The number of esters is 1. The Hall–Kier alpha value is -2.94. The Labute approximate surface area is 173 Å². The number of allylic oxidation sites excluding steroid dienone is 2. The molecule has 0 spiro atoms. The highest BCUT2D eigenvalue weighted by atomic mass is 19.3. The first kappa shape index (κ1) is 23.3. The van der Waals surface area contributed by atoms with Crippen LogP contribution >= 0.6 is 0 Å². The molecule has 0 aromatic heterocycles. The molecular weight excluding hydrogens is 400 g/mol. The third-order valence-corrected chi connectivity index (χ3v) is 4.47. The lowest BCUT2D eigenvalue weighted by atomic mass is 9.80. The number of benzene rings is 1. The number of alkyl halides is 2. The van der Waals surface area contributed by atoms with Gasteiger partial charge in [-0.1, -0.05) is 25.1 Å². The third-order valence-electron chi connectivity index (χ3n) is 4.47.